The predicted octanol–water partition coefficient (Wildman–Crippen LogP) is 3.70. The van der Waals surface area contributed by atoms with Crippen LogP contribution in [-0.2, 0) is 5.60 Å². The third kappa shape index (κ3) is 2.72. The van der Waals surface area contributed by atoms with Crippen molar-refractivity contribution in [3.63, 3.8) is 0 Å². The molecule has 0 aliphatic heterocycles. The fraction of sp³-hybridized carbons (Fsp3) is 0.214. The molecule has 0 radical (unpaired) electrons. The molecular formula is C14H12Cl3NO2. The zero-order valence-electron chi connectivity index (χ0n) is 10.6. The summed E-state index contributed by atoms with van der Waals surface area (Å²) < 4.78 is 3.13. The average molecular weight is 333 g/mol. The molecule has 1 unspecified atom stereocenters. The highest BCUT2D eigenvalue weighted by molar-refractivity contribution is 6.68. The third-order valence-corrected chi connectivity index (χ3v) is 3.82. The topological polar surface area (TPSA) is 42.4 Å². The van der Waals surface area contributed by atoms with Crippen molar-refractivity contribution in [2.45, 2.75) is 9.39 Å². The van der Waals surface area contributed by atoms with Gasteiger partial charge >= 0.3 is 0 Å². The van der Waals surface area contributed by atoms with Crippen molar-refractivity contribution in [3.05, 3.63) is 59.9 Å². The molecule has 106 valence electrons. The lowest BCUT2D eigenvalue weighted by atomic mass is 9.88. The molecule has 1 N–H and O–H groups in total. The van der Waals surface area contributed by atoms with Crippen LogP contribution in [0.4, 0.5) is 0 Å². The number of halogens is 3. The van der Waals surface area contributed by atoms with E-state index in [1.165, 1.54) is 6.20 Å². The van der Waals surface area contributed by atoms with Crippen LogP contribution in [-0.4, -0.2) is 21.0 Å². The number of hydrogen-bond acceptors (Lipinski definition) is 3. The highest BCUT2D eigenvalue weighted by Crippen LogP contribution is 2.49. The minimum Gasteiger partial charge on any atom is -0.497 e. The molecule has 1 atom stereocenters. The van der Waals surface area contributed by atoms with Crippen molar-refractivity contribution in [3.8, 4) is 5.75 Å². The van der Waals surface area contributed by atoms with Gasteiger partial charge in [0.25, 0.3) is 0 Å². The Morgan fingerprint density at radius 3 is 2.15 bits per heavy atom. The average Bonchev–Trinajstić information content (AvgIpc) is 2.46. The molecule has 20 heavy (non-hydrogen) atoms. The van der Waals surface area contributed by atoms with Crippen molar-refractivity contribution in [1.29, 1.82) is 0 Å². The summed E-state index contributed by atoms with van der Waals surface area (Å²) >= 11 is 18.0. The first-order valence-corrected chi connectivity index (χ1v) is 6.87. The van der Waals surface area contributed by atoms with Crippen molar-refractivity contribution < 1.29 is 9.84 Å². The van der Waals surface area contributed by atoms with Gasteiger partial charge in [0.15, 0.2) is 5.60 Å². The van der Waals surface area contributed by atoms with Crippen LogP contribution in [0, 0.1) is 0 Å². The van der Waals surface area contributed by atoms with Gasteiger partial charge in [-0.2, -0.15) is 0 Å². The van der Waals surface area contributed by atoms with Crippen molar-refractivity contribution in [2.24, 2.45) is 0 Å². The normalized spacial score (nSPS) is 14.7. The molecule has 0 saturated carbocycles. The Morgan fingerprint density at radius 2 is 1.70 bits per heavy atom. The molecule has 0 spiro atoms. The van der Waals surface area contributed by atoms with Gasteiger partial charge in [0.1, 0.15) is 5.75 Å². The maximum absolute atomic E-state index is 11.0. The van der Waals surface area contributed by atoms with E-state index in [0.717, 1.165) is 0 Å². The van der Waals surface area contributed by atoms with Gasteiger partial charge in [-0.15, -0.1) is 0 Å². The number of alkyl halides is 3. The summed E-state index contributed by atoms with van der Waals surface area (Å²) in [5.74, 6) is 0.645. The van der Waals surface area contributed by atoms with E-state index < -0.39 is 9.39 Å². The van der Waals surface area contributed by atoms with E-state index in [1.54, 1.807) is 49.7 Å². The summed E-state index contributed by atoms with van der Waals surface area (Å²) in [6.07, 6.45) is 3.04. The standard InChI is InChI=1S/C14H12Cl3NO2/c1-20-12-6-4-10(5-7-12)13(19,14(15,16)17)11-3-2-8-18-9-11/h2-9,19H,1H3. The van der Waals surface area contributed by atoms with Crippen LogP contribution in [0.3, 0.4) is 0 Å². The first-order valence-electron chi connectivity index (χ1n) is 5.73. The van der Waals surface area contributed by atoms with Crippen LogP contribution < -0.4 is 4.74 Å². The van der Waals surface area contributed by atoms with Gasteiger partial charge in [0.2, 0.25) is 3.79 Å². The van der Waals surface area contributed by atoms with Gasteiger partial charge in [-0.05, 0) is 23.8 Å². The summed E-state index contributed by atoms with van der Waals surface area (Å²) in [5.41, 5.74) is -0.977. The molecule has 3 nitrogen and oxygen atoms in total. The van der Waals surface area contributed by atoms with E-state index in [0.29, 0.717) is 16.9 Å². The smallest absolute Gasteiger partial charge is 0.227 e. The minimum atomic E-state index is -1.95. The van der Waals surface area contributed by atoms with Crippen LogP contribution in [0.5, 0.6) is 5.75 Å². The lowest BCUT2D eigenvalue weighted by Gasteiger charge is -2.35. The fourth-order valence-corrected chi connectivity index (χ4v) is 2.56. The molecule has 2 rings (SSSR count). The zero-order chi connectivity index (χ0) is 14.8. The van der Waals surface area contributed by atoms with Crippen LogP contribution in [0.1, 0.15) is 11.1 Å². The van der Waals surface area contributed by atoms with E-state index in [9.17, 15) is 5.11 Å². The zero-order valence-corrected chi connectivity index (χ0v) is 12.8. The summed E-state index contributed by atoms with van der Waals surface area (Å²) in [5, 5.41) is 11.0. The second-order valence-electron chi connectivity index (χ2n) is 4.18. The molecular weight excluding hydrogens is 321 g/mol. The number of hydrogen-bond donors (Lipinski definition) is 1. The molecule has 0 bridgehead atoms. The van der Waals surface area contributed by atoms with Gasteiger partial charge in [0.05, 0.1) is 7.11 Å². The summed E-state index contributed by atoms with van der Waals surface area (Å²) in [4.78, 5) is 3.96. The van der Waals surface area contributed by atoms with Gasteiger partial charge in [-0.3, -0.25) is 4.98 Å². The number of aromatic nitrogens is 1. The molecule has 1 heterocycles. The van der Waals surface area contributed by atoms with E-state index in [1.807, 2.05) is 0 Å². The quantitative estimate of drug-likeness (QED) is 0.872. The molecule has 0 amide bonds. The highest BCUT2D eigenvalue weighted by atomic mass is 35.6. The summed E-state index contributed by atoms with van der Waals surface area (Å²) in [7, 11) is 1.55. The minimum absolute atomic E-state index is 0.394. The summed E-state index contributed by atoms with van der Waals surface area (Å²) in [6, 6.07) is 9.99. The van der Waals surface area contributed by atoms with Crippen LogP contribution in [0.15, 0.2) is 48.8 Å². The number of ether oxygens (including phenoxy) is 1. The Kier molecular flexibility index (Phi) is 4.45. The second-order valence-corrected chi connectivity index (χ2v) is 6.46. The van der Waals surface area contributed by atoms with Gasteiger partial charge in [-0.25, -0.2) is 0 Å². The Bertz CT molecular complexity index is 569. The van der Waals surface area contributed by atoms with E-state index in [-0.39, 0.29) is 0 Å². The van der Waals surface area contributed by atoms with E-state index in [4.69, 9.17) is 39.5 Å². The monoisotopic (exact) mass is 331 g/mol. The number of aliphatic hydroxyl groups is 1. The van der Waals surface area contributed by atoms with E-state index in [2.05, 4.69) is 4.98 Å². The van der Waals surface area contributed by atoms with Crippen LogP contribution in [0.2, 0.25) is 0 Å². The molecule has 0 aliphatic carbocycles. The first-order chi connectivity index (χ1) is 9.39. The molecule has 0 fully saturated rings. The maximum atomic E-state index is 11.0. The number of methoxy groups -OCH3 is 1. The molecule has 1 aromatic heterocycles. The van der Waals surface area contributed by atoms with E-state index >= 15 is 0 Å². The van der Waals surface area contributed by atoms with Crippen LogP contribution >= 0.6 is 34.8 Å². The first kappa shape index (κ1) is 15.4. The second kappa shape index (κ2) is 5.78. The van der Waals surface area contributed by atoms with Gasteiger partial charge in [-0.1, -0.05) is 53.0 Å². The number of nitrogens with zero attached hydrogens (tertiary/aromatic N) is 1. The molecule has 0 saturated heterocycles. The molecule has 6 heteroatoms. The van der Waals surface area contributed by atoms with Crippen molar-refractivity contribution in [1.82, 2.24) is 4.98 Å². The lowest BCUT2D eigenvalue weighted by molar-refractivity contribution is 0.0845. The largest absolute Gasteiger partial charge is 0.497 e. The van der Waals surface area contributed by atoms with Gasteiger partial charge in [0, 0.05) is 18.0 Å². The summed E-state index contributed by atoms with van der Waals surface area (Å²) in [6.45, 7) is 0. The SMILES string of the molecule is COc1ccc(C(O)(c2cccnc2)C(Cl)(Cl)Cl)cc1. The lowest BCUT2D eigenvalue weighted by Crippen LogP contribution is -2.41. The molecule has 2 aromatic rings. The Labute approximate surface area is 132 Å². The van der Waals surface area contributed by atoms with Crippen molar-refractivity contribution in [2.75, 3.05) is 7.11 Å². The van der Waals surface area contributed by atoms with Gasteiger partial charge < -0.3 is 9.84 Å². The molecule has 0 aliphatic rings. The number of benzene rings is 1. The highest BCUT2D eigenvalue weighted by Gasteiger charge is 2.50. The third-order valence-electron chi connectivity index (χ3n) is 3.00. The Hall–Kier alpha value is -1.000. The number of pyridine rings is 1. The molecule has 1 aromatic carbocycles. The maximum Gasteiger partial charge on any atom is 0.227 e. The Balaban J connectivity index is 2.58. The number of rotatable bonds is 3. The van der Waals surface area contributed by atoms with Crippen LogP contribution in [0.25, 0.3) is 0 Å². The Morgan fingerprint density at radius 1 is 1.05 bits per heavy atom. The van der Waals surface area contributed by atoms with Crippen molar-refractivity contribution >= 4 is 34.8 Å². The predicted molar refractivity (Wildman–Crippen MR) is 80.5 cm³/mol. The fourth-order valence-electron chi connectivity index (χ4n) is 1.90.